The molecule has 35 heavy (non-hydrogen) atoms. The second-order valence-electron chi connectivity index (χ2n) is 10.9. The molecule has 3 aromatic rings. The van der Waals surface area contributed by atoms with Crippen molar-refractivity contribution in [1.82, 2.24) is 5.32 Å². The Morgan fingerprint density at radius 2 is 1.20 bits per heavy atom. The minimum Gasteiger partial charge on any atom is -0.413 e. The second kappa shape index (κ2) is 9.96. The summed E-state index contributed by atoms with van der Waals surface area (Å²) in [6.45, 7) is 13.3. The van der Waals surface area contributed by atoms with Gasteiger partial charge in [0.15, 0.2) is 8.32 Å². The molecule has 0 spiro atoms. The average Bonchev–Trinajstić information content (AvgIpc) is 2.82. The summed E-state index contributed by atoms with van der Waals surface area (Å²) >= 11 is 1.82. The monoisotopic (exact) mass is 503 g/mol. The van der Waals surface area contributed by atoms with E-state index in [1.807, 2.05) is 11.8 Å². The molecule has 1 aliphatic heterocycles. The van der Waals surface area contributed by atoms with E-state index >= 15 is 0 Å². The molecule has 1 fully saturated rings. The van der Waals surface area contributed by atoms with Gasteiger partial charge in [0.2, 0.25) is 5.91 Å². The van der Waals surface area contributed by atoms with Crippen LogP contribution in [0, 0.1) is 5.92 Å². The summed E-state index contributed by atoms with van der Waals surface area (Å²) in [5.74, 6) is -0.124. The topological polar surface area (TPSA) is 38.3 Å². The van der Waals surface area contributed by atoms with Crippen LogP contribution in [0.3, 0.4) is 0 Å². The highest BCUT2D eigenvalue weighted by Crippen LogP contribution is 2.53. The summed E-state index contributed by atoms with van der Waals surface area (Å²) in [6.07, 6.45) is -0.151. The Bertz CT molecular complexity index is 1030. The Labute approximate surface area is 215 Å². The van der Waals surface area contributed by atoms with Gasteiger partial charge in [0.05, 0.1) is 22.1 Å². The molecule has 0 unspecified atom stereocenters. The lowest BCUT2D eigenvalue weighted by atomic mass is 9.84. The maximum Gasteiger partial charge on any atom is 0.229 e. The van der Waals surface area contributed by atoms with Crippen molar-refractivity contribution in [3.8, 4) is 0 Å². The Morgan fingerprint density at radius 1 is 0.800 bits per heavy atom. The van der Waals surface area contributed by atoms with Crippen molar-refractivity contribution in [3.05, 3.63) is 108 Å². The van der Waals surface area contributed by atoms with Gasteiger partial charge in [0.1, 0.15) is 0 Å². The molecule has 1 aliphatic rings. The lowest BCUT2D eigenvalue weighted by molar-refractivity contribution is -0.136. The van der Waals surface area contributed by atoms with Crippen LogP contribution < -0.4 is 5.32 Å². The lowest BCUT2D eigenvalue weighted by Gasteiger charge is -2.48. The van der Waals surface area contributed by atoms with E-state index < -0.39 is 13.1 Å². The fourth-order valence-electron chi connectivity index (χ4n) is 4.56. The van der Waals surface area contributed by atoms with E-state index in [4.69, 9.17) is 4.43 Å². The van der Waals surface area contributed by atoms with E-state index in [2.05, 4.69) is 137 Å². The van der Waals surface area contributed by atoms with E-state index in [0.717, 1.165) is 0 Å². The standard InChI is InChI=1S/C30H37NO2SSi/c1-22(33-35(5,6)29(2,3)4)26-27(32)31-28(26)34-30(23-16-10-7-11-17-23,24-18-12-8-13-19-24)25-20-14-9-15-21-25/h7-22,26,28H,1-6H3,(H,31,32)/t22-,26+,28-/m1/s1. The zero-order chi connectivity index (χ0) is 25.3. The fraction of sp³-hybridized carbons (Fsp3) is 0.367. The molecule has 1 N–H and O–H groups in total. The van der Waals surface area contributed by atoms with Gasteiger partial charge in [0, 0.05) is 0 Å². The van der Waals surface area contributed by atoms with Crippen molar-refractivity contribution >= 4 is 26.0 Å². The summed E-state index contributed by atoms with van der Waals surface area (Å²) in [5.41, 5.74) is 3.58. The molecule has 0 aliphatic carbocycles. The molecule has 0 bridgehead atoms. The SMILES string of the molecule is C[C@@H](O[Si](C)(C)C(C)(C)C)[C@H]1C(=O)N[C@@H]1SC(c1ccccc1)(c1ccccc1)c1ccccc1. The summed E-state index contributed by atoms with van der Waals surface area (Å²) in [4.78, 5) is 12.9. The first-order valence-electron chi connectivity index (χ1n) is 12.4. The minimum atomic E-state index is -2.01. The molecule has 4 rings (SSSR count). The van der Waals surface area contributed by atoms with E-state index in [0.29, 0.717) is 0 Å². The van der Waals surface area contributed by atoms with Crippen LogP contribution in [-0.2, 0) is 14.0 Å². The smallest absolute Gasteiger partial charge is 0.229 e. The van der Waals surface area contributed by atoms with E-state index in [9.17, 15) is 4.79 Å². The molecular formula is C30H37NO2SSi. The quantitative estimate of drug-likeness (QED) is 0.201. The first-order chi connectivity index (χ1) is 16.6. The van der Waals surface area contributed by atoms with Crippen LogP contribution in [0.25, 0.3) is 0 Å². The third kappa shape index (κ3) is 5.00. The second-order valence-corrected chi connectivity index (χ2v) is 17.0. The van der Waals surface area contributed by atoms with Crippen molar-refractivity contribution in [1.29, 1.82) is 0 Å². The minimum absolute atomic E-state index is 0.0668. The Morgan fingerprint density at radius 3 is 1.54 bits per heavy atom. The van der Waals surface area contributed by atoms with Crippen LogP contribution in [0.2, 0.25) is 18.1 Å². The van der Waals surface area contributed by atoms with Crippen LogP contribution >= 0.6 is 11.8 Å². The molecule has 3 aromatic carbocycles. The highest BCUT2D eigenvalue weighted by Gasteiger charge is 2.51. The first kappa shape index (κ1) is 25.7. The van der Waals surface area contributed by atoms with Gasteiger partial charge in [-0.1, -0.05) is 112 Å². The number of carbonyl (C=O) groups excluding carboxylic acids is 1. The number of hydrogen-bond donors (Lipinski definition) is 1. The average molecular weight is 504 g/mol. The Hall–Kier alpha value is -2.34. The third-order valence-electron chi connectivity index (χ3n) is 7.55. The van der Waals surface area contributed by atoms with Gasteiger partial charge in [0.25, 0.3) is 0 Å². The fourth-order valence-corrected chi connectivity index (χ4v) is 7.85. The third-order valence-corrected chi connectivity index (χ3v) is 13.8. The zero-order valence-corrected chi connectivity index (χ0v) is 23.4. The summed E-state index contributed by atoms with van der Waals surface area (Å²) in [5, 5.41) is 3.24. The van der Waals surface area contributed by atoms with Crippen LogP contribution in [-0.4, -0.2) is 25.7 Å². The molecule has 3 nitrogen and oxygen atoms in total. The van der Waals surface area contributed by atoms with Gasteiger partial charge in [-0.05, 0) is 41.7 Å². The number of carbonyl (C=O) groups is 1. The summed E-state index contributed by atoms with van der Waals surface area (Å²) in [7, 11) is -2.01. The number of benzene rings is 3. The summed E-state index contributed by atoms with van der Waals surface area (Å²) < 4.78 is 6.23. The van der Waals surface area contributed by atoms with Crippen molar-refractivity contribution in [3.63, 3.8) is 0 Å². The van der Waals surface area contributed by atoms with Crippen LogP contribution in [0.1, 0.15) is 44.4 Å². The van der Waals surface area contributed by atoms with Gasteiger partial charge >= 0.3 is 0 Å². The van der Waals surface area contributed by atoms with Crippen LogP contribution in [0.4, 0.5) is 0 Å². The molecule has 1 amide bonds. The van der Waals surface area contributed by atoms with Gasteiger partial charge in [-0.3, -0.25) is 4.79 Å². The van der Waals surface area contributed by atoms with E-state index in [-0.39, 0.29) is 28.3 Å². The largest absolute Gasteiger partial charge is 0.413 e. The normalized spacial score (nSPS) is 19.5. The molecule has 1 heterocycles. The molecule has 0 saturated carbocycles. The number of β-lactam (4-membered cyclic amide) rings is 1. The molecular weight excluding hydrogens is 466 g/mol. The van der Waals surface area contributed by atoms with Crippen LogP contribution in [0.5, 0.6) is 0 Å². The van der Waals surface area contributed by atoms with Gasteiger partial charge in [-0.15, -0.1) is 11.8 Å². The highest BCUT2D eigenvalue weighted by atomic mass is 32.2. The molecule has 5 heteroatoms. The maximum atomic E-state index is 12.9. The number of rotatable bonds is 8. The van der Waals surface area contributed by atoms with Crippen molar-refractivity contribution < 1.29 is 9.22 Å². The van der Waals surface area contributed by atoms with E-state index in [1.165, 1.54) is 16.7 Å². The number of amides is 1. The molecule has 184 valence electrons. The molecule has 1 saturated heterocycles. The maximum absolute atomic E-state index is 12.9. The van der Waals surface area contributed by atoms with Crippen LogP contribution in [0.15, 0.2) is 91.0 Å². The van der Waals surface area contributed by atoms with Gasteiger partial charge in [-0.2, -0.15) is 0 Å². The molecule has 3 atom stereocenters. The van der Waals surface area contributed by atoms with Gasteiger partial charge < -0.3 is 9.74 Å². The predicted molar refractivity (Wildman–Crippen MR) is 150 cm³/mol. The predicted octanol–water partition coefficient (Wildman–Crippen LogP) is 7.19. The zero-order valence-electron chi connectivity index (χ0n) is 21.6. The molecule has 0 aromatic heterocycles. The molecule has 0 radical (unpaired) electrons. The Balaban J connectivity index is 1.76. The van der Waals surface area contributed by atoms with Crippen molar-refractivity contribution in [2.75, 3.05) is 0 Å². The highest BCUT2D eigenvalue weighted by molar-refractivity contribution is 8.01. The number of nitrogens with one attached hydrogen (secondary N) is 1. The first-order valence-corrected chi connectivity index (χ1v) is 16.2. The summed E-state index contributed by atoms with van der Waals surface area (Å²) in [6, 6.07) is 31.9. The lowest BCUT2D eigenvalue weighted by Crippen LogP contribution is -2.63. The van der Waals surface area contributed by atoms with Crippen molar-refractivity contribution in [2.24, 2.45) is 5.92 Å². The van der Waals surface area contributed by atoms with Crippen molar-refractivity contribution in [2.45, 2.75) is 62.1 Å². The Kier molecular flexibility index (Phi) is 7.32. The van der Waals surface area contributed by atoms with E-state index in [1.54, 1.807) is 0 Å². The number of thioether (sulfide) groups is 1. The number of hydrogen-bond acceptors (Lipinski definition) is 3. The van der Waals surface area contributed by atoms with Gasteiger partial charge in [-0.25, -0.2) is 0 Å².